The highest BCUT2D eigenvalue weighted by atomic mass is 35.5. The maximum absolute atomic E-state index is 6.17. The fraction of sp³-hybridized carbons (Fsp3) is 0.118. The van der Waals surface area contributed by atoms with Gasteiger partial charge in [0.25, 0.3) is 0 Å². The van der Waals surface area contributed by atoms with Gasteiger partial charge in [-0.2, -0.15) is 14.9 Å². The Kier molecular flexibility index (Phi) is 5.61. The lowest BCUT2D eigenvalue weighted by Gasteiger charge is -2.09. The van der Waals surface area contributed by atoms with Crippen molar-refractivity contribution in [1.82, 2.24) is 14.9 Å². The van der Waals surface area contributed by atoms with Gasteiger partial charge in [0.1, 0.15) is 0 Å². The molecule has 0 atom stereocenters. The van der Waals surface area contributed by atoms with Crippen LogP contribution in [0.2, 0.25) is 10.0 Å². The normalized spacial score (nSPS) is 11.1. The zero-order valence-electron chi connectivity index (χ0n) is 13.9. The first kappa shape index (κ1) is 18.4. The number of methoxy groups -OCH3 is 2. The maximum Gasteiger partial charge on any atom is 0.216 e. The summed E-state index contributed by atoms with van der Waals surface area (Å²) >= 11 is 17.6. The summed E-state index contributed by atoms with van der Waals surface area (Å²) in [5.74, 6) is 1.70. The van der Waals surface area contributed by atoms with Gasteiger partial charge in [-0.25, -0.2) is 5.10 Å². The largest absolute Gasteiger partial charge is 0.493 e. The lowest BCUT2D eigenvalue weighted by Crippen LogP contribution is -1.97. The Hall–Kier alpha value is -2.35. The zero-order valence-corrected chi connectivity index (χ0v) is 16.2. The van der Waals surface area contributed by atoms with Crippen molar-refractivity contribution in [2.45, 2.75) is 0 Å². The van der Waals surface area contributed by atoms with Crippen LogP contribution < -0.4 is 9.47 Å². The molecule has 1 heterocycles. The summed E-state index contributed by atoms with van der Waals surface area (Å²) in [6, 6.07) is 10.6. The zero-order chi connectivity index (χ0) is 18.7. The summed E-state index contributed by atoms with van der Waals surface area (Å²) in [5, 5.41) is 12.3. The summed E-state index contributed by atoms with van der Waals surface area (Å²) in [6.45, 7) is 0. The predicted octanol–water partition coefficient (Wildman–Crippen LogP) is 4.81. The summed E-state index contributed by atoms with van der Waals surface area (Å²) < 4.78 is 12.4. The van der Waals surface area contributed by atoms with Crippen molar-refractivity contribution in [3.63, 3.8) is 0 Å². The number of nitrogens with one attached hydrogen (secondary N) is 1. The van der Waals surface area contributed by atoms with E-state index in [0.717, 1.165) is 5.56 Å². The molecule has 1 aromatic heterocycles. The van der Waals surface area contributed by atoms with E-state index in [1.165, 1.54) is 4.68 Å². The highest BCUT2D eigenvalue weighted by Gasteiger charge is 2.12. The monoisotopic (exact) mass is 408 g/mol. The highest BCUT2D eigenvalue weighted by Crippen LogP contribution is 2.31. The Balaban J connectivity index is 2.05. The first-order chi connectivity index (χ1) is 12.5. The van der Waals surface area contributed by atoms with Gasteiger partial charge < -0.3 is 9.47 Å². The molecule has 1 N–H and O–H groups in total. The fourth-order valence-corrected chi connectivity index (χ4v) is 2.98. The van der Waals surface area contributed by atoms with Gasteiger partial charge in [-0.3, -0.25) is 0 Å². The molecule has 0 radical (unpaired) electrons. The molecular formula is C17H14Cl2N4O2S. The minimum atomic E-state index is 0.328. The Morgan fingerprint density at radius 3 is 2.46 bits per heavy atom. The van der Waals surface area contributed by atoms with Crippen molar-refractivity contribution >= 4 is 41.6 Å². The second kappa shape index (κ2) is 7.90. The van der Waals surface area contributed by atoms with E-state index in [0.29, 0.717) is 37.7 Å². The average Bonchev–Trinajstić information content (AvgIpc) is 3.01. The van der Waals surface area contributed by atoms with E-state index in [1.807, 2.05) is 6.07 Å². The Morgan fingerprint density at radius 1 is 1.12 bits per heavy atom. The summed E-state index contributed by atoms with van der Waals surface area (Å²) in [6.07, 6.45) is 1.54. The van der Waals surface area contributed by atoms with Gasteiger partial charge >= 0.3 is 0 Å². The molecule has 0 fully saturated rings. The summed E-state index contributed by atoms with van der Waals surface area (Å²) in [7, 11) is 3.14. The third-order valence-corrected chi connectivity index (χ3v) is 4.52. The van der Waals surface area contributed by atoms with Crippen LogP contribution >= 0.6 is 35.4 Å². The summed E-state index contributed by atoms with van der Waals surface area (Å²) in [4.78, 5) is 0. The Morgan fingerprint density at radius 2 is 1.81 bits per heavy atom. The lowest BCUT2D eigenvalue weighted by molar-refractivity contribution is 0.355. The SMILES string of the molecule is COc1ccc(-c2n[nH]c(=S)n2/N=C/c2c(Cl)cccc2Cl)cc1OC. The van der Waals surface area contributed by atoms with Crippen molar-refractivity contribution in [2.75, 3.05) is 14.2 Å². The molecule has 0 aliphatic heterocycles. The molecule has 0 amide bonds. The van der Waals surface area contributed by atoms with Crippen LogP contribution in [0.4, 0.5) is 0 Å². The van der Waals surface area contributed by atoms with Gasteiger partial charge in [-0.15, -0.1) is 0 Å². The van der Waals surface area contributed by atoms with E-state index in [1.54, 1.807) is 50.8 Å². The number of hydrogen-bond acceptors (Lipinski definition) is 5. The second-order valence-corrected chi connectivity index (χ2v) is 6.31. The number of hydrogen-bond donors (Lipinski definition) is 1. The molecule has 134 valence electrons. The number of nitrogens with zero attached hydrogens (tertiary/aromatic N) is 3. The molecule has 3 rings (SSSR count). The average molecular weight is 409 g/mol. The first-order valence-electron chi connectivity index (χ1n) is 7.43. The minimum Gasteiger partial charge on any atom is -0.493 e. The lowest BCUT2D eigenvalue weighted by atomic mass is 10.2. The molecule has 0 aliphatic rings. The molecular weight excluding hydrogens is 395 g/mol. The van der Waals surface area contributed by atoms with Gasteiger partial charge in [-0.1, -0.05) is 29.3 Å². The number of ether oxygens (including phenoxy) is 2. The Labute approximate surface area is 165 Å². The standard InChI is InChI=1S/C17H14Cl2N4O2S/c1-24-14-7-6-10(8-15(14)25-2)16-21-22-17(26)23(16)20-9-11-12(18)4-3-5-13(11)19/h3-9H,1-2H3,(H,22,26)/b20-9+. The molecule has 3 aromatic rings. The van der Waals surface area contributed by atoms with Crippen LogP contribution in [0.25, 0.3) is 11.4 Å². The molecule has 26 heavy (non-hydrogen) atoms. The van der Waals surface area contributed by atoms with Crippen LogP contribution in [0.3, 0.4) is 0 Å². The van der Waals surface area contributed by atoms with E-state index < -0.39 is 0 Å². The van der Waals surface area contributed by atoms with Gasteiger partial charge in [0.2, 0.25) is 4.77 Å². The van der Waals surface area contributed by atoms with Gasteiger partial charge in [-0.05, 0) is 42.5 Å². The quantitative estimate of drug-likeness (QED) is 0.485. The fourth-order valence-electron chi connectivity index (χ4n) is 2.31. The molecule has 0 bridgehead atoms. The number of aromatic amines is 1. The van der Waals surface area contributed by atoms with Gasteiger partial charge in [0.05, 0.1) is 30.5 Å². The van der Waals surface area contributed by atoms with Gasteiger partial charge in [0, 0.05) is 11.1 Å². The molecule has 0 saturated carbocycles. The molecule has 2 aromatic carbocycles. The van der Waals surface area contributed by atoms with Crippen LogP contribution in [0.5, 0.6) is 11.5 Å². The van der Waals surface area contributed by atoms with E-state index in [-0.39, 0.29) is 0 Å². The molecule has 0 saturated heterocycles. The number of halogens is 2. The molecule has 9 heteroatoms. The third-order valence-electron chi connectivity index (χ3n) is 3.59. The molecule has 0 unspecified atom stereocenters. The third kappa shape index (κ3) is 3.60. The van der Waals surface area contributed by atoms with Crippen molar-refractivity contribution in [3.8, 4) is 22.9 Å². The number of benzene rings is 2. The van der Waals surface area contributed by atoms with Gasteiger partial charge in [0.15, 0.2) is 17.3 Å². The predicted molar refractivity (Wildman–Crippen MR) is 105 cm³/mol. The molecule has 6 nitrogen and oxygen atoms in total. The van der Waals surface area contributed by atoms with Crippen molar-refractivity contribution in [2.24, 2.45) is 5.10 Å². The first-order valence-corrected chi connectivity index (χ1v) is 8.59. The van der Waals surface area contributed by atoms with Crippen LogP contribution in [-0.4, -0.2) is 35.3 Å². The van der Waals surface area contributed by atoms with Crippen LogP contribution in [0.1, 0.15) is 5.56 Å². The molecule has 0 aliphatic carbocycles. The van der Waals surface area contributed by atoms with Crippen LogP contribution in [-0.2, 0) is 0 Å². The van der Waals surface area contributed by atoms with Crippen molar-refractivity contribution in [1.29, 1.82) is 0 Å². The summed E-state index contributed by atoms with van der Waals surface area (Å²) in [5.41, 5.74) is 1.34. The maximum atomic E-state index is 6.17. The van der Waals surface area contributed by atoms with E-state index >= 15 is 0 Å². The minimum absolute atomic E-state index is 0.328. The highest BCUT2D eigenvalue weighted by molar-refractivity contribution is 7.71. The molecule has 0 spiro atoms. The second-order valence-electron chi connectivity index (χ2n) is 5.11. The number of H-pyrrole nitrogens is 1. The topological polar surface area (TPSA) is 64.4 Å². The number of rotatable bonds is 5. The van der Waals surface area contributed by atoms with Crippen LogP contribution in [0.15, 0.2) is 41.5 Å². The smallest absolute Gasteiger partial charge is 0.216 e. The van der Waals surface area contributed by atoms with E-state index in [9.17, 15) is 0 Å². The van der Waals surface area contributed by atoms with E-state index in [2.05, 4.69) is 15.3 Å². The van der Waals surface area contributed by atoms with Crippen molar-refractivity contribution < 1.29 is 9.47 Å². The van der Waals surface area contributed by atoms with E-state index in [4.69, 9.17) is 44.9 Å². The van der Waals surface area contributed by atoms with Crippen molar-refractivity contribution in [3.05, 3.63) is 56.8 Å². The Bertz CT molecular complexity index is 1010. The number of aromatic nitrogens is 3. The van der Waals surface area contributed by atoms with Crippen LogP contribution in [0, 0.1) is 4.77 Å².